The second-order valence-corrected chi connectivity index (χ2v) is 4.68. The number of nitrogens with zero attached hydrogens (tertiary/aromatic N) is 2. The predicted octanol–water partition coefficient (Wildman–Crippen LogP) is 3.00. The Kier molecular flexibility index (Phi) is 2.96. The average molecular weight is 299 g/mol. The van der Waals surface area contributed by atoms with Crippen LogP contribution < -0.4 is 5.32 Å². The molecule has 1 atom stereocenters. The second-order valence-electron chi connectivity index (χ2n) is 4.68. The minimum absolute atomic E-state index is 0.0276. The average Bonchev–Trinajstić information content (AvgIpc) is 2.81. The smallest absolute Gasteiger partial charge is 0.310 e. The normalized spacial score (nSPS) is 18.3. The van der Waals surface area contributed by atoms with Gasteiger partial charge in [-0.25, -0.2) is 9.07 Å². The molecule has 0 radical (unpaired) electrons. The van der Waals surface area contributed by atoms with Crippen molar-refractivity contribution < 1.29 is 22.4 Å². The van der Waals surface area contributed by atoms with Crippen LogP contribution in [0.25, 0.3) is 5.69 Å². The van der Waals surface area contributed by atoms with E-state index in [0.29, 0.717) is 5.69 Å². The minimum atomic E-state index is -4.52. The predicted molar refractivity (Wildman–Crippen MR) is 65.6 cm³/mol. The van der Waals surface area contributed by atoms with Gasteiger partial charge in [0.05, 0.1) is 17.8 Å². The highest BCUT2D eigenvalue weighted by atomic mass is 19.4. The summed E-state index contributed by atoms with van der Waals surface area (Å²) in [5.74, 6) is -3.11. The van der Waals surface area contributed by atoms with Crippen molar-refractivity contribution in [2.75, 3.05) is 5.32 Å². The van der Waals surface area contributed by atoms with Gasteiger partial charge >= 0.3 is 6.18 Å². The first-order chi connectivity index (χ1) is 9.86. The number of hydrogen-bond donors (Lipinski definition) is 1. The van der Waals surface area contributed by atoms with Gasteiger partial charge < -0.3 is 5.32 Å². The van der Waals surface area contributed by atoms with E-state index in [1.807, 2.05) is 0 Å². The van der Waals surface area contributed by atoms with Gasteiger partial charge in [0.2, 0.25) is 5.91 Å². The molecule has 2 heterocycles. The van der Waals surface area contributed by atoms with Crippen molar-refractivity contribution in [1.82, 2.24) is 9.78 Å². The number of fused-ring (bicyclic) bond motifs is 1. The summed E-state index contributed by atoms with van der Waals surface area (Å²) in [6, 6.07) is 5.06. The molecule has 21 heavy (non-hydrogen) atoms. The lowest BCUT2D eigenvalue weighted by atomic mass is 9.94. The van der Waals surface area contributed by atoms with Crippen LogP contribution in [0.4, 0.5) is 23.4 Å². The summed E-state index contributed by atoms with van der Waals surface area (Å²) in [4.78, 5) is 11.5. The first kappa shape index (κ1) is 13.6. The Morgan fingerprint density at radius 2 is 1.90 bits per heavy atom. The van der Waals surface area contributed by atoms with Crippen LogP contribution in [0.2, 0.25) is 0 Å². The van der Waals surface area contributed by atoms with Gasteiger partial charge in [-0.15, -0.1) is 0 Å². The quantitative estimate of drug-likeness (QED) is 0.823. The zero-order valence-corrected chi connectivity index (χ0v) is 10.5. The van der Waals surface area contributed by atoms with Crippen molar-refractivity contribution in [3.05, 3.63) is 41.8 Å². The molecule has 2 aromatic rings. The Labute approximate surface area is 116 Å². The fraction of sp³-hybridized carbons (Fsp3) is 0.231. The van der Waals surface area contributed by atoms with E-state index >= 15 is 0 Å². The third-order valence-corrected chi connectivity index (χ3v) is 3.29. The van der Waals surface area contributed by atoms with Crippen LogP contribution in [-0.2, 0) is 4.79 Å². The highest BCUT2D eigenvalue weighted by Crippen LogP contribution is 2.43. The van der Waals surface area contributed by atoms with Gasteiger partial charge in [0.25, 0.3) is 0 Å². The molecule has 4 nitrogen and oxygen atoms in total. The molecule has 110 valence electrons. The van der Waals surface area contributed by atoms with Gasteiger partial charge in [-0.1, -0.05) is 0 Å². The van der Waals surface area contributed by atoms with Crippen molar-refractivity contribution >= 4 is 11.7 Å². The molecule has 1 N–H and O–H groups in total. The van der Waals surface area contributed by atoms with Crippen molar-refractivity contribution in [1.29, 1.82) is 0 Å². The number of rotatable bonds is 1. The van der Waals surface area contributed by atoms with E-state index in [4.69, 9.17) is 0 Å². The van der Waals surface area contributed by atoms with Crippen molar-refractivity contribution in [2.24, 2.45) is 0 Å². The molecular formula is C13H9F4N3O. The Hall–Kier alpha value is -2.38. The van der Waals surface area contributed by atoms with Crippen molar-refractivity contribution in [3.63, 3.8) is 0 Å². The number of benzene rings is 1. The topological polar surface area (TPSA) is 46.9 Å². The highest BCUT2D eigenvalue weighted by molar-refractivity contribution is 5.94. The molecule has 0 spiro atoms. The number of halogens is 4. The number of carbonyl (C=O) groups is 1. The summed E-state index contributed by atoms with van der Waals surface area (Å²) in [6.07, 6.45) is -4.11. The molecule has 0 fully saturated rings. The van der Waals surface area contributed by atoms with E-state index in [9.17, 15) is 22.4 Å². The van der Waals surface area contributed by atoms with E-state index < -0.39 is 30.2 Å². The van der Waals surface area contributed by atoms with E-state index in [2.05, 4.69) is 10.4 Å². The molecule has 1 unspecified atom stereocenters. The Morgan fingerprint density at radius 3 is 2.52 bits per heavy atom. The maximum Gasteiger partial charge on any atom is 0.396 e. The number of carbonyl (C=O) groups excluding carboxylic acids is 1. The molecule has 0 saturated heterocycles. The molecule has 3 rings (SSSR count). The fourth-order valence-electron chi connectivity index (χ4n) is 2.29. The third kappa shape index (κ3) is 2.37. The largest absolute Gasteiger partial charge is 0.396 e. The minimum Gasteiger partial charge on any atom is -0.310 e. The summed E-state index contributed by atoms with van der Waals surface area (Å²) in [5, 5.41) is 6.27. The van der Waals surface area contributed by atoms with E-state index in [0.717, 1.165) is 23.0 Å². The number of hydrogen-bond acceptors (Lipinski definition) is 2. The van der Waals surface area contributed by atoms with Gasteiger partial charge in [0.1, 0.15) is 11.6 Å². The Bertz CT molecular complexity index is 690. The van der Waals surface area contributed by atoms with Crippen LogP contribution in [0, 0.1) is 5.82 Å². The van der Waals surface area contributed by atoms with Crippen LogP contribution in [-0.4, -0.2) is 21.9 Å². The molecule has 0 bridgehead atoms. The molecule has 0 saturated carbocycles. The fourth-order valence-corrected chi connectivity index (χ4v) is 2.29. The molecule has 1 aliphatic rings. The molecule has 1 aromatic carbocycles. The van der Waals surface area contributed by atoms with E-state index in [1.54, 1.807) is 0 Å². The molecule has 1 amide bonds. The van der Waals surface area contributed by atoms with Crippen LogP contribution in [0.15, 0.2) is 30.5 Å². The first-order valence-corrected chi connectivity index (χ1v) is 6.06. The summed E-state index contributed by atoms with van der Waals surface area (Å²) in [7, 11) is 0. The van der Waals surface area contributed by atoms with Crippen LogP contribution >= 0.6 is 0 Å². The lowest BCUT2D eigenvalue weighted by Gasteiger charge is -2.25. The standard InChI is InChI=1S/C13H9F4N3O/c14-7-1-3-8(4-2-7)20-12-9(6-18-20)10(13(15,16)17)5-11(21)19-12/h1-4,6,10H,5H2,(H,19,21). The molecule has 1 aliphatic heterocycles. The molecule has 8 heteroatoms. The van der Waals surface area contributed by atoms with Crippen LogP contribution in [0.3, 0.4) is 0 Å². The van der Waals surface area contributed by atoms with Gasteiger partial charge in [-0.2, -0.15) is 18.3 Å². The van der Waals surface area contributed by atoms with Gasteiger partial charge in [-0.3, -0.25) is 4.79 Å². The number of anilines is 1. The maximum atomic E-state index is 13.0. The number of nitrogens with one attached hydrogen (secondary N) is 1. The highest BCUT2D eigenvalue weighted by Gasteiger charge is 2.46. The lowest BCUT2D eigenvalue weighted by molar-refractivity contribution is -0.156. The zero-order valence-electron chi connectivity index (χ0n) is 10.5. The second kappa shape index (κ2) is 4.57. The first-order valence-electron chi connectivity index (χ1n) is 6.06. The van der Waals surface area contributed by atoms with Crippen LogP contribution in [0.1, 0.15) is 17.9 Å². The molecule has 1 aromatic heterocycles. The maximum absolute atomic E-state index is 13.0. The summed E-state index contributed by atoms with van der Waals surface area (Å²) < 4.78 is 53.0. The summed E-state index contributed by atoms with van der Waals surface area (Å²) in [6.45, 7) is 0. The number of amides is 1. The van der Waals surface area contributed by atoms with E-state index in [1.165, 1.54) is 12.1 Å². The van der Waals surface area contributed by atoms with Gasteiger partial charge in [0.15, 0.2) is 0 Å². The molecular weight excluding hydrogens is 290 g/mol. The monoisotopic (exact) mass is 299 g/mol. The van der Waals surface area contributed by atoms with E-state index in [-0.39, 0.29) is 11.4 Å². The third-order valence-electron chi connectivity index (χ3n) is 3.29. The van der Waals surface area contributed by atoms with Crippen LogP contribution in [0.5, 0.6) is 0 Å². The van der Waals surface area contributed by atoms with Gasteiger partial charge in [0, 0.05) is 12.0 Å². The van der Waals surface area contributed by atoms with Gasteiger partial charge in [-0.05, 0) is 24.3 Å². The number of alkyl halides is 3. The van der Waals surface area contributed by atoms with Crippen molar-refractivity contribution in [3.8, 4) is 5.69 Å². The SMILES string of the molecule is O=C1CC(C(F)(F)F)c2cnn(-c3ccc(F)cc3)c2N1. The van der Waals surface area contributed by atoms with Crippen molar-refractivity contribution in [2.45, 2.75) is 18.5 Å². The summed E-state index contributed by atoms with van der Waals surface area (Å²) >= 11 is 0. The number of aromatic nitrogens is 2. The zero-order chi connectivity index (χ0) is 15.2. The molecule has 0 aliphatic carbocycles. The Balaban J connectivity index is 2.09. The summed E-state index contributed by atoms with van der Waals surface area (Å²) in [5.41, 5.74) is 0.271. The Morgan fingerprint density at radius 1 is 1.24 bits per heavy atom. The lowest BCUT2D eigenvalue weighted by Crippen LogP contribution is -2.31.